The van der Waals surface area contributed by atoms with Gasteiger partial charge in [-0.15, -0.1) is 0 Å². The summed E-state index contributed by atoms with van der Waals surface area (Å²) in [5.74, 6) is 1.15. The number of para-hydroxylation sites is 1. The summed E-state index contributed by atoms with van der Waals surface area (Å²) in [5, 5.41) is 4.20. The van der Waals surface area contributed by atoms with E-state index < -0.39 is 0 Å². The molecule has 1 amide bonds. The molecule has 1 heterocycles. The quantitative estimate of drug-likeness (QED) is 0.859. The minimum Gasteiger partial charge on any atom is -0.459 e. The van der Waals surface area contributed by atoms with Gasteiger partial charge in [0.25, 0.3) is 0 Å². The Kier molecular flexibility index (Phi) is 4.82. The molecule has 2 atom stereocenters. The van der Waals surface area contributed by atoms with Gasteiger partial charge in [0.15, 0.2) is 0 Å². The minimum atomic E-state index is 0.0329. The van der Waals surface area contributed by atoms with Crippen LogP contribution in [-0.4, -0.2) is 31.4 Å². The molecule has 0 saturated carbocycles. The molecule has 1 aromatic carbocycles. The molecule has 1 aromatic heterocycles. The van der Waals surface area contributed by atoms with Gasteiger partial charge in [0, 0.05) is 17.8 Å². The molecule has 4 nitrogen and oxygen atoms in total. The van der Waals surface area contributed by atoms with E-state index in [1.165, 1.54) is 0 Å². The maximum absolute atomic E-state index is 12.3. The van der Waals surface area contributed by atoms with Crippen LogP contribution >= 0.6 is 0 Å². The Bertz CT molecular complexity index is 669. The molecule has 0 unspecified atom stereocenters. The molecule has 1 aliphatic carbocycles. The minimum absolute atomic E-state index is 0.0329. The number of likely N-dealkylation sites (N-methyl/N-ethyl adjacent to an activating group) is 1. The van der Waals surface area contributed by atoms with Crippen molar-refractivity contribution >= 4 is 16.9 Å². The molecule has 4 heteroatoms. The largest absolute Gasteiger partial charge is 0.459 e. The van der Waals surface area contributed by atoms with Crippen molar-refractivity contribution in [3.05, 3.63) is 48.2 Å². The van der Waals surface area contributed by atoms with Crippen molar-refractivity contribution in [3.63, 3.8) is 0 Å². The number of nitrogens with one attached hydrogen (secondary N) is 1. The summed E-state index contributed by atoms with van der Waals surface area (Å²) in [6.45, 7) is 0.561. The number of fused-ring (bicyclic) bond motifs is 1. The van der Waals surface area contributed by atoms with Crippen molar-refractivity contribution in [2.45, 2.75) is 25.3 Å². The molecule has 1 aliphatic rings. The second kappa shape index (κ2) is 7.01. The Morgan fingerprint density at radius 2 is 2.17 bits per heavy atom. The Morgan fingerprint density at radius 1 is 1.35 bits per heavy atom. The average molecular weight is 312 g/mol. The van der Waals surface area contributed by atoms with Crippen LogP contribution in [0.15, 0.2) is 46.9 Å². The Balaban J connectivity index is 1.69. The van der Waals surface area contributed by atoms with Gasteiger partial charge in [-0.3, -0.25) is 9.69 Å². The van der Waals surface area contributed by atoms with Gasteiger partial charge in [0.1, 0.15) is 11.3 Å². The summed E-state index contributed by atoms with van der Waals surface area (Å²) in [6.07, 6.45) is 7.05. The third kappa shape index (κ3) is 3.64. The molecule has 3 rings (SSSR count). The van der Waals surface area contributed by atoms with E-state index >= 15 is 0 Å². The topological polar surface area (TPSA) is 45.5 Å². The van der Waals surface area contributed by atoms with Crippen LogP contribution in [-0.2, 0) is 4.79 Å². The third-order valence-corrected chi connectivity index (χ3v) is 4.51. The SMILES string of the molecule is CN(C)[C@H](CNC(=O)[C@H]1CC=CCC1)c1cc2ccccc2o1. The highest BCUT2D eigenvalue weighted by Gasteiger charge is 2.23. The molecule has 0 aliphatic heterocycles. The first kappa shape index (κ1) is 15.8. The van der Waals surface area contributed by atoms with E-state index in [2.05, 4.69) is 28.4 Å². The lowest BCUT2D eigenvalue weighted by atomic mass is 9.93. The van der Waals surface area contributed by atoms with E-state index in [1.54, 1.807) is 0 Å². The van der Waals surface area contributed by atoms with Gasteiger partial charge < -0.3 is 9.73 Å². The number of rotatable bonds is 5. The van der Waals surface area contributed by atoms with Crippen molar-refractivity contribution in [2.75, 3.05) is 20.6 Å². The van der Waals surface area contributed by atoms with Gasteiger partial charge in [-0.2, -0.15) is 0 Å². The molecular formula is C19H24N2O2. The summed E-state index contributed by atoms with van der Waals surface area (Å²) in [7, 11) is 4.01. The van der Waals surface area contributed by atoms with Crippen LogP contribution in [0, 0.1) is 5.92 Å². The van der Waals surface area contributed by atoms with E-state index in [9.17, 15) is 4.79 Å². The van der Waals surface area contributed by atoms with Crippen LogP contribution in [0.4, 0.5) is 0 Å². The van der Waals surface area contributed by atoms with Gasteiger partial charge in [0.2, 0.25) is 5.91 Å². The van der Waals surface area contributed by atoms with Crippen LogP contribution in [0.2, 0.25) is 0 Å². The molecule has 0 bridgehead atoms. The Hall–Kier alpha value is -2.07. The first-order chi connectivity index (χ1) is 11.1. The third-order valence-electron chi connectivity index (χ3n) is 4.51. The number of furan rings is 1. The second-order valence-corrected chi connectivity index (χ2v) is 6.39. The number of hydrogen-bond donors (Lipinski definition) is 1. The van der Waals surface area contributed by atoms with Crippen molar-refractivity contribution in [2.24, 2.45) is 5.92 Å². The fraction of sp³-hybridized carbons (Fsp3) is 0.421. The van der Waals surface area contributed by atoms with Crippen LogP contribution in [0.25, 0.3) is 11.0 Å². The predicted octanol–water partition coefficient (Wildman–Crippen LogP) is 3.51. The van der Waals surface area contributed by atoms with E-state index in [0.717, 1.165) is 36.0 Å². The lowest BCUT2D eigenvalue weighted by Crippen LogP contribution is -2.37. The molecule has 0 saturated heterocycles. The highest BCUT2D eigenvalue weighted by atomic mass is 16.3. The first-order valence-electron chi connectivity index (χ1n) is 8.23. The molecule has 0 spiro atoms. The number of carbonyl (C=O) groups is 1. The van der Waals surface area contributed by atoms with Crippen molar-refractivity contribution in [1.82, 2.24) is 10.2 Å². The van der Waals surface area contributed by atoms with E-state index in [0.29, 0.717) is 6.54 Å². The summed E-state index contributed by atoms with van der Waals surface area (Å²) in [4.78, 5) is 14.4. The summed E-state index contributed by atoms with van der Waals surface area (Å²) in [6, 6.07) is 10.1. The number of nitrogens with zero attached hydrogens (tertiary/aromatic N) is 1. The summed E-state index contributed by atoms with van der Waals surface area (Å²) < 4.78 is 5.97. The van der Waals surface area contributed by atoms with Crippen molar-refractivity contribution < 1.29 is 9.21 Å². The zero-order valence-corrected chi connectivity index (χ0v) is 13.8. The number of amides is 1. The molecule has 0 radical (unpaired) electrons. The zero-order valence-electron chi connectivity index (χ0n) is 13.8. The van der Waals surface area contributed by atoms with E-state index in [-0.39, 0.29) is 17.9 Å². The number of allylic oxidation sites excluding steroid dienone is 2. The van der Waals surface area contributed by atoms with E-state index in [1.807, 2.05) is 38.4 Å². The smallest absolute Gasteiger partial charge is 0.223 e. The van der Waals surface area contributed by atoms with Gasteiger partial charge in [-0.1, -0.05) is 30.4 Å². The maximum Gasteiger partial charge on any atom is 0.223 e. The lowest BCUT2D eigenvalue weighted by molar-refractivity contribution is -0.125. The molecule has 2 aromatic rings. The molecular weight excluding hydrogens is 288 g/mol. The number of benzene rings is 1. The molecule has 1 N–H and O–H groups in total. The van der Waals surface area contributed by atoms with Gasteiger partial charge in [-0.05, 0) is 45.5 Å². The number of hydrogen-bond acceptors (Lipinski definition) is 3. The fourth-order valence-corrected chi connectivity index (χ4v) is 3.08. The van der Waals surface area contributed by atoms with Crippen LogP contribution in [0.1, 0.15) is 31.1 Å². The second-order valence-electron chi connectivity index (χ2n) is 6.39. The Morgan fingerprint density at radius 3 is 2.87 bits per heavy atom. The lowest BCUT2D eigenvalue weighted by Gasteiger charge is -2.24. The van der Waals surface area contributed by atoms with Gasteiger partial charge in [-0.25, -0.2) is 0 Å². The van der Waals surface area contributed by atoms with Crippen LogP contribution in [0.3, 0.4) is 0 Å². The number of carbonyl (C=O) groups excluding carboxylic acids is 1. The normalized spacial score (nSPS) is 19.2. The first-order valence-corrected chi connectivity index (χ1v) is 8.23. The zero-order chi connectivity index (χ0) is 16.2. The molecule has 122 valence electrons. The highest BCUT2D eigenvalue weighted by molar-refractivity contribution is 5.79. The summed E-state index contributed by atoms with van der Waals surface area (Å²) in [5.41, 5.74) is 0.887. The standard InChI is InChI=1S/C19H24N2O2/c1-21(2)16(13-20-19(22)14-8-4-3-5-9-14)18-12-15-10-6-7-11-17(15)23-18/h3-4,6-7,10-12,14,16H,5,8-9,13H2,1-2H3,(H,20,22)/t14-,16+/m0/s1. The van der Waals surface area contributed by atoms with Gasteiger partial charge >= 0.3 is 0 Å². The van der Waals surface area contributed by atoms with Crippen LogP contribution < -0.4 is 5.32 Å². The summed E-state index contributed by atoms with van der Waals surface area (Å²) >= 11 is 0. The van der Waals surface area contributed by atoms with Crippen molar-refractivity contribution in [1.29, 1.82) is 0 Å². The molecule has 0 fully saturated rings. The fourth-order valence-electron chi connectivity index (χ4n) is 3.08. The molecule has 23 heavy (non-hydrogen) atoms. The van der Waals surface area contributed by atoms with E-state index in [4.69, 9.17) is 4.42 Å². The monoisotopic (exact) mass is 312 g/mol. The van der Waals surface area contributed by atoms with Crippen LogP contribution in [0.5, 0.6) is 0 Å². The maximum atomic E-state index is 12.3. The Labute approximate surface area is 137 Å². The van der Waals surface area contributed by atoms with Crippen molar-refractivity contribution in [3.8, 4) is 0 Å². The average Bonchev–Trinajstić information content (AvgIpc) is 2.99. The van der Waals surface area contributed by atoms with Gasteiger partial charge in [0.05, 0.1) is 6.04 Å². The highest BCUT2D eigenvalue weighted by Crippen LogP contribution is 2.26. The predicted molar refractivity (Wildman–Crippen MR) is 92.1 cm³/mol.